The van der Waals surface area contributed by atoms with Gasteiger partial charge >= 0.3 is 24.1 Å². The zero-order chi connectivity index (χ0) is 23.2. The van der Waals surface area contributed by atoms with Crippen LogP contribution in [0.2, 0.25) is 0 Å². The van der Waals surface area contributed by atoms with Gasteiger partial charge in [-0.25, -0.2) is 19.2 Å². The Morgan fingerprint density at radius 3 is 2.29 bits per heavy atom. The van der Waals surface area contributed by atoms with Crippen LogP contribution in [-0.2, 0) is 28.5 Å². The van der Waals surface area contributed by atoms with Gasteiger partial charge in [0.25, 0.3) is 0 Å². The maximum atomic E-state index is 12.3. The van der Waals surface area contributed by atoms with Gasteiger partial charge in [0.15, 0.2) is 0 Å². The molecule has 1 N–H and O–H groups in total. The van der Waals surface area contributed by atoms with Gasteiger partial charge in [-0.3, -0.25) is 0 Å². The van der Waals surface area contributed by atoms with Gasteiger partial charge < -0.3 is 29.2 Å². The maximum absolute atomic E-state index is 12.3. The van der Waals surface area contributed by atoms with Gasteiger partial charge in [-0.15, -0.1) is 0 Å². The molecule has 1 aliphatic carbocycles. The fourth-order valence-electron chi connectivity index (χ4n) is 3.16. The SMILES string of the molecule is C=CC(=O)OCCOC(=O)NCC1CCCCC1N(C)C(=O)OCCOC(=O)C(=C)C. The second-order valence-corrected chi connectivity index (χ2v) is 7.14. The van der Waals surface area contributed by atoms with E-state index in [4.69, 9.17) is 18.9 Å². The smallest absolute Gasteiger partial charge is 0.409 e. The van der Waals surface area contributed by atoms with Crippen LogP contribution in [0.4, 0.5) is 9.59 Å². The molecule has 0 saturated heterocycles. The minimum Gasteiger partial charge on any atom is -0.459 e. The van der Waals surface area contributed by atoms with Gasteiger partial charge in [-0.05, 0) is 25.7 Å². The van der Waals surface area contributed by atoms with Crippen molar-refractivity contribution in [3.63, 3.8) is 0 Å². The number of ether oxygens (including phenoxy) is 4. The van der Waals surface area contributed by atoms with Crippen molar-refractivity contribution in [1.82, 2.24) is 10.2 Å². The number of hydrogen-bond acceptors (Lipinski definition) is 8. The maximum Gasteiger partial charge on any atom is 0.409 e. The molecule has 1 rings (SSSR count). The summed E-state index contributed by atoms with van der Waals surface area (Å²) in [6.07, 6.45) is 3.48. The highest BCUT2D eigenvalue weighted by molar-refractivity contribution is 5.86. The van der Waals surface area contributed by atoms with Crippen LogP contribution in [0.3, 0.4) is 0 Å². The number of carbonyl (C=O) groups is 4. The molecule has 0 bridgehead atoms. The molecule has 0 aliphatic heterocycles. The second-order valence-electron chi connectivity index (χ2n) is 7.14. The highest BCUT2D eigenvalue weighted by Gasteiger charge is 2.31. The van der Waals surface area contributed by atoms with E-state index >= 15 is 0 Å². The first-order valence-electron chi connectivity index (χ1n) is 10.2. The highest BCUT2D eigenvalue weighted by Crippen LogP contribution is 2.28. The predicted octanol–water partition coefficient (Wildman–Crippen LogP) is 2.19. The van der Waals surface area contributed by atoms with E-state index in [-0.39, 0.29) is 44.0 Å². The van der Waals surface area contributed by atoms with Gasteiger partial charge in [-0.1, -0.05) is 26.0 Å². The molecule has 31 heavy (non-hydrogen) atoms. The summed E-state index contributed by atoms with van der Waals surface area (Å²) in [4.78, 5) is 47.9. The lowest BCUT2D eigenvalue weighted by atomic mass is 9.83. The molecule has 0 aromatic heterocycles. The first-order chi connectivity index (χ1) is 14.8. The summed E-state index contributed by atoms with van der Waals surface area (Å²) in [5.41, 5.74) is 0.275. The fraction of sp³-hybridized carbons (Fsp3) is 0.619. The zero-order valence-corrected chi connectivity index (χ0v) is 18.2. The average molecular weight is 440 g/mol. The van der Waals surface area contributed by atoms with Gasteiger partial charge in [0.1, 0.15) is 26.4 Å². The normalized spacial score (nSPS) is 17.6. The molecule has 2 atom stereocenters. The fourth-order valence-corrected chi connectivity index (χ4v) is 3.16. The molecule has 0 spiro atoms. The van der Waals surface area contributed by atoms with Gasteiger partial charge in [0.05, 0.1) is 0 Å². The molecule has 0 aromatic carbocycles. The standard InChI is InChI=1S/C21H32N2O8/c1-5-18(24)28-10-12-30-20(26)22-14-16-8-6-7-9-17(16)23(4)21(27)31-13-11-29-19(25)15(2)3/h5,16-17H,1-2,6-14H2,3-4H3,(H,22,26). The number of alkyl carbamates (subject to hydrolysis) is 1. The quantitative estimate of drug-likeness (QED) is 0.225. The van der Waals surface area contributed by atoms with E-state index in [1.54, 1.807) is 7.05 Å². The van der Waals surface area contributed by atoms with E-state index in [2.05, 4.69) is 18.5 Å². The van der Waals surface area contributed by atoms with Crippen molar-refractivity contribution in [2.24, 2.45) is 5.92 Å². The summed E-state index contributed by atoms with van der Waals surface area (Å²) in [5.74, 6) is -1.08. The van der Waals surface area contributed by atoms with Crippen LogP contribution < -0.4 is 5.32 Å². The van der Waals surface area contributed by atoms with Crippen LogP contribution in [0.1, 0.15) is 32.6 Å². The number of esters is 2. The lowest BCUT2D eigenvalue weighted by molar-refractivity contribution is -0.140. The monoisotopic (exact) mass is 440 g/mol. The van der Waals surface area contributed by atoms with Gasteiger partial charge in [0, 0.05) is 31.3 Å². The highest BCUT2D eigenvalue weighted by atomic mass is 16.6. The Morgan fingerprint density at radius 2 is 1.61 bits per heavy atom. The van der Waals surface area contributed by atoms with E-state index < -0.39 is 24.1 Å². The van der Waals surface area contributed by atoms with E-state index in [1.807, 2.05) is 0 Å². The average Bonchev–Trinajstić information content (AvgIpc) is 2.77. The van der Waals surface area contributed by atoms with Crippen LogP contribution in [0.15, 0.2) is 24.8 Å². The lowest BCUT2D eigenvalue weighted by Crippen LogP contribution is -2.47. The Kier molecular flexibility index (Phi) is 11.8. The lowest BCUT2D eigenvalue weighted by Gasteiger charge is -2.37. The van der Waals surface area contributed by atoms with Crippen molar-refractivity contribution in [3.05, 3.63) is 24.8 Å². The number of carbonyl (C=O) groups excluding carboxylic acids is 4. The molecule has 10 nitrogen and oxygen atoms in total. The van der Waals surface area contributed by atoms with Gasteiger partial charge in [0.2, 0.25) is 0 Å². The summed E-state index contributed by atoms with van der Waals surface area (Å²) in [5, 5.41) is 2.69. The van der Waals surface area contributed by atoms with E-state index in [0.717, 1.165) is 31.8 Å². The molecule has 1 saturated carbocycles. The summed E-state index contributed by atoms with van der Waals surface area (Å²) >= 11 is 0. The second kappa shape index (κ2) is 14.1. The van der Waals surface area contributed by atoms with Crippen LogP contribution >= 0.6 is 0 Å². The third-order valence-electron chi connectivity index (χ3n) is 4.78. The Balaban J connectivity index is 2.38. The Morgan fingerprint density at radius 1 is 1.00 bits per heavy atom. The van der Waals surface area contributed by atoms with Gasteiger partial charge in [-0.2, -0.15) is 0 Å². The molecule has 174 valence electrons. The molecular formula is C21H32N2O8. The van der Waals surface area contributed by atoms with Crippen molar-refractivity contribution >= 4 is 24.1 Å². The van der Waals surface area contributed by atoms with Crippen molar-refractivity contribution < 1.29 is 38.1 Å². The molecule has 2 unspecified atom stereocenters. The molecule has 0 radical (unpaired) electrons. The van der Waals surface area contributed by atoms with Crippen molar-refractivity contribution in [3.8, 4) is 0 Å². The third-order valence-corrected chi connectivity index (χ3v) is 4.78. The molecule has 0 heterocycles. The van der Waals surface area contributed by atoms with Crippen LogP contribution in [-0.4, -0.2) is 75.1 Å². The van der Waals surface area contributed by atoms with E-state index in [9.17, 15) is 19.2 Å². The number of nitrogens with one attached hydrogen (secondary N) is 1. The summed E-state index contributed by atoms with van der Waals surface area (Å²) in [7, 11) is 1.65. The molecule has 2 amide bonds. The molecule has 10 heteroatoms. The predicted molar refractivity (Wildman–Crippen MR) is 111 cm³/mol. The minimum atomic E-state index is -0.622. The first kappa shape index (κ1) is 26.0. The van der Waals surface area contributed by atoms with Crippen molar-refractivity contribution in [2.75, 3.05) is 40.0 Å². The number of rotatable bonds is 11. The van der Waals surface area contributed by atoms with Crippen LogP contribution in [0.25, 0.3) is 0 Å². The van der Waals surface area contributed by atoms with E-state index in [1.165, 1.54) is 11.8 Å². The van der Waals surface area contributed by atoms with Crippen molar-refractivity contribution in [2.45, 2.75) is 38.6 Å². The molecule has 0 aromatic rings. The largest absolute Gasteiger partial charge is 0.459 e. The minimum absolute atomic E-state index is 0.0405. The Hall–Kier alpha value is -3.04. The van der Waals surface area contributed by atoms with Crippen molar-refractivity contribution in [1.29, 1.82) is 0 Å². The number of hydrogen-bond donors (Lipinski definition) is 1. The Bertz CT molecular complexity index is 664. The zero-order valence-electron chi connectivity index (χ0n) is 18.2. The number of amides is 2. The molecule has 1 fully saturated rings. The van der Waals surface area contributed by atoms with E-state index in [0.29, 0.717) is 6.54 Å². The van der Waals surface area contributed by atoms with Crippen LogP contribution in [0, 0.1) is 5.92 Å². The summed E-state index contributed by atoms with van der Waals surface area (Å²) < 4.78 is 19.8. The first-order valence-corrected chi connectivity index (χ1v) is 10.2. The number of nitrogens with zero attached hydrogens (tertiary/aromatic N) is 1. The molecule has 1 aliphatic rings. The molecular weight excluding hydrogens is 408 g/mol. The summed E-state index contributed by atoms with van der Waals surface area (Å²) in [6, 6.07) is -0.104. The third kappa shape index (κ3) is 10.0. The van der Waals surface area contributed by atoms with Crippen LogP contribution in [0.5, 0.6) is 0 Å². The Labute approximate surface area is 182 Å². The summed E-state index contributed by atoms with van der Waals surface area (Å²) in [6.45, 7) is 8.39. The topological polar surface area (TPSA) is 120 Å².